The van der Waals surface area contributed by atoms with E-state index < -0.39 is 16.6 Å². The molecule has 0 bridgehead atoms. The lowest BCUT2D eigenvalue weighted by Gasteiger charge is -2.07. The fourth-order valence-electron chi connectivity index (χ4n) is 2.62. The Kier molecular flexibility index (Phi) is 5.27. The molecule has 0 amide bonds. The molecule has 0 radical (unpaired) electrons. The Labute approximate surface area is 158 Å². The Balaban J connectivity index is 1.66. The van der Waals surface area contributed by atoms with Crippen LogP contribution in [0.4, 0.5) is 5.69 Å². The lowest BCUT2D eigenvalue weighted by Crippen LogP contribution is -2.16. The number of rotatable bonds is 6. The number of aryl methyl sites for hydroxylation is 2. The minimum atomic E-state index is -0.638. The van der Waals surface area contributed by atoms with E-state index in [1.807, 2.05) is 6.92 Å². The molecule has 1 heterocycles. The molecule has 0 atom stereocenters. The zero-order valence-electron chi connectivity index (χ0n) is 14.3. The molecule has 3 aromatic rings. The van der Waals surface area contributed by atoms with Gasteiger partial charge in [-0.05, 0) is 37.1 Å². The number of benzene rings is 2. The van der Waals surface area contributed by atoms with Crippen LogP contribution in [-0.4, -0.2) is 15.5 Å². The van der Waals surface area contributed by atoms with Gasteiger partial charge >= 0.3 is 11.7 Å². The summed E-state index contributed by atoms with van der Waals surface area (Å²) in [5.74, 6) is -0.820. The molecule has 0 fully saturated rings. The number of oxazole rings is 1. The molecule has 0 aliphatic heterocycles. The molecule has 0 N–H and O–H groups in total. The molecule has 2 aromatic carbocycles. The molecule has 140 valence electrons. The van der Waals surface area contributed by atoms with Crippen LogP contribution in [0.25, 0.3) is 11.1 Å². The molecule has 8 nitrogen and oxygen atoms in total. The summed E-state index contributed by atoms with van der Waals surface area (Å²) in [6.07, 6.45) is 0.393. The third-order valence-electron chi connectivity index (χ3n) is 3.94. The van der Waals surface area contributed by atoms with Crippen molar-refractivity contribution in [3.8, 4) is 5.75 Å². The minimum absolute atomic E-state index is 0.0658. The molecule has 0 spiro atoms. The van der Waals surface area contributed by atoms with Crippen molar-refractivity contribution in [2.45, 2.75) is 26.3 Å². The van der Waals surface area contributed by atoms with Gasteiger partial charge in [0.15, 0.2) is 5.58 Å². The van der Waals surface area contributed by atoms with Crippen molar-refractivity contribution >= 4 is 34.4 Å². The molecule has 0 aliphatic carbocycles. The maximum Gasteiger partial charge on any atom is 0.419 e. The first-order valence-electron chi connectivity index (χ1n) is 8.10. The summed E-state index contributed by atoms with van der Waals surface area (Å²) in [4.78, 5) is 34.2. The predicted molar refractivity (Wildman–Crippen MR) is 98.2 cm³/mol. The molecular weight excluding hydrogens is 376 g/mol. The second-order valence-electron chi connectivity index (χ2n) is 5.94. The van der Waals surface area contributed by atoms with Gasteiger partial charge in [0.25, 0.3) is 5.69 Å². The third-order valence-corrected chi connectivity index (χ3v) is 4.25. The maximum atomic E-state index is 12.0. The minimum Gasteiger partial charge on any atom is -0.425 e. The van der Waals surface area contributed by atoms with E-state index in [0.29, 0.717) is 22.7 Å². The van der Waals surface area contributed by atoms with E-state index >= 15 is 0 Å². The van der Waals surface area contributed by atoms with Gasteiger partial charge in [0.05, 0.1) is 21.5 Å². The summed E-state index contributed by atoms with van der Waals surface area (Å²) in [6, 6.07) is 9.06. The Morgan fingerprint density at radius 2 is 2.07 bits per heavy atom. The van der Waals surface area contributed by atoms with Gasteiger partial charge < -0.3 is 9.15 Å². The fraction of sp³-hybridized carbons (Fsp3) is 0.222. The summed E-state index contributed by atoms with van der Waals surface area (Å²) in [6.45, 7) is 2.06. The highest BCUT2D eigenvalue weighted by atomic mass is 35.5. The van der Waals surface area contributed by atoms with Crippen LogP contribution >= 0.6 is 11.6 Å². The number of carbonyl (C=O) groups excluding carboxylic acids is 1. The monoisotopic (exact) mass is 390 g/mol. The van der Waals surface area contributed by atoms with Crippen LogP contribution in [0, 0.1) is 17.0 Å². The Morgan fingerprint density at radius 3 is 2.81 bits per heavy atom. The molecule has 0 saturated carbocycles. The zero-order chi connectivity index (χ0) is 19.6. The number of fused-ring (bicyclic) bond motifs is 1. The van der Waals surface area contributed by atoms with Gasteiger partial charge in [-0.2, -0.15) is 0 Å². The van der Waals surface area contributed by atoms with Gasteiger partial charge in [-0.25, -0.2) is 4.79 Å². The van der Waals surface area contributed by atoms with Gasteiger partial charge in [0.2, 0.25) is 0 Å². The smallest absolute Gasteiger partial charge is 0.419 e. The van der Waals surface area contributed by atoms with Crippen molar-refractivity contribution in [2.24, 2.45) is 0 Å². The number of carbonyl (C=O) groups is 1. The molecule has 9 heteroatoms. The zero-order valence-corrected chi connectivity index (χ0v) is 15.1. The average Bonchev–Trinajstić information content (AvgIpc) is 2.93. The topological polar surface area (TPSA) is 105 Å². The van der Waals surface area contributed by atoms with E-state index in [4.69, 9.17) is 20.8 Å². The number of hydrogen-bond acceptors (Lipinski definition) is 6. The van der Waals surface area contributed by atoms with Crippen molar-refractivity contribution in [3.63, 3.8) is 0 Å². The first-order valence-corrected chi connectivity index (χ1v) is 8.47. The molecule has 0 saturated heterocycles. The van der Waals surface area contributed by atoms with Crippen LogP contribution in [0.15, 0.2) is 45.6 Å². The van der Waals surface area contributed by atoms with Crippen LogP contribution < -0.4 is 10.5 Å². The summed E-state index contributed by atoms with van der Waals surface area (Å²) in [5, 5.41) is 11.1. The molecule has 1 aromatic heterocycles. The Bertz CT molecular complexity index is 1090. The predicted octanol–water partition coefficient (Wildman–Crippen LogP) is 3.85. The van der Waals surface area contributed by atoms with Crippen LogP contribution in [0.3, 0.4) is 0 Å². The summed E-state index contributed by atoms with van der Waals surface area (Å²) >= 11 is 5.99. The Morgan fingerprint density at radius 1 is 1.30 bits per heavy atom. The molecule has 0 aliphatic rings. The van der Waals surface area contributed by atoms with Crippen molar-refractivity contribution in [3.05, 3.63) is 67.6 Å². The molecule has 27 heavy (non-hydrogen) atoms. The lowest BCUT2D eigenvalue weighted by atomic mass is 10.2. The average molecular weight is 391 g/mol. The Hall–Kier alpha value is -3.13. The number of halogens is 1. The number of nitrogens with zero attached hydrogens (tertiary/aromatic N) is 2. The van der Waals surface area contributed by atoms with Crippen molar-refractivity contribution in [2.75, 3.05) is 0 Å². The number of ether oxygens (including phenoxy) is 1. The first-order chi connectivity index (χ1) is 12.8. The standard InChI is InChI=1S/C18H15ClN2O6/c1-11-4-6-13(19)15(9-11)26-17(22)3-2-8-20-14-7-5-12(21(24)25)10-16(14)27-18(20)23/h4-7,9-10H,2-3,8H2,1H3. The lowest BCUT2D eigenvalue weighted by molar-refractivity contribution is -0.384. The quantitative estimate of drug-likeness (QED) is 0.274. The van der Waals surface area contributed by atoms with Crippen LogP contribution in [-0.2, 0) is 11.3 Å². The summed E-state index contributed by atoms with van der Waals surface area (Å²) in [5.41, 5.74) is 1.30. The highest BCUT2D eigenvalue weighted by Crippen LogP contribution is 2.26. The van der Waals surface area contributed by atoms with E-state index in [1.165, 1.54) is 22.8 Å². The highest BCUT2D eigenvalue weighted by Gasteiger charge is 2.15. The normalized spacial score (nSPS) is 10.9. The number of non-ortho nitro benzene ring substituents is 1. The van der Waals surface area contributed by atoms with Crippen LogP contribution in [0.1, 0.15) is 18.4 Å². The maximum absolute atomic E-state index is 12.0. The number of nitro groups is 1. The van der Waals surface area contributed by atoms with E-state index in [-0.39, 0.29) is 24.2 Å². The summed E-state index contributed by atoms with van der Waals surface area (Å²) < 4.78 is 11.6. The largest absolute Gasteiger partial charge is 0.425 e. The van der Waals surface area contributed by atoms with E-state index in [2.05, 4.69) is 0 Å². The fourth-order valence-corrected chi connectivity index (χ4v) is 2.78. The van der Waals surface area contributed by atoms with Crippen molar-refractivity contribution < 1.29 is 18.9 Å². The first kappa shape index (κ1) is 18.7. The number of nitro benzene ring substituents is 1. The van der Waals surface area contributed by atoms with Gasteiger partial charge in [-0.3, -0.25) is 19.5 Å². The second kappa shape index (κ2) is 7.63. The van der Waals surface area contributed by atoms with E-state index in [9.17, 15) is 19.7 Å². The van der Waals surface area contributed by atoms with Crippen molar-refractivity contribution in [1.82, 2.24) is 4.57 Å². The SMILES string of the molecule is Cc1ccc(Cl)c(OC(=O)CCCn2c(=O)oc3cc([N+](=O)[O-])ccc32)c1. The number of esters is 1. The van der Waals surface area contributed by atoms with Gasteiger partial charge in [-0.1, -0.05) is 17.7 Å². The number of hydrogen-bond donors (Lipinski definition) is 0. The van der Waals surface area contributed by atoms with E-state index in [0.717, 1.165) is 5.56 Å². The molecule has 0 unspecified atom stereocenters. The highest BCUT2D eigenvalue weighted by molar-refractivity contribution is 6.32. The third kappa shape index (κ3) is 4.17. The molecule has 3 rings (SSSR count). The number of aromatic nitrogens is 1. The molecular formula is C18H15ClN2O6. The van der Waals surface area contributed by atoms with Gasteiger partial charge in [0.1, 0.15) is 5.75 Å². The van der Waals surface area contributed by atoms with Gasteiger partial charge in [-0.15, -0.1) is 0 Å². The van der Waals surface area contributed by atoms with E-state index in [1.54, 1.807) is 18.2 Å². The van der Waals surface area contributed by atoms with Gasteiger partial charge in [0, 0.05) is 19.0 Å². The van der Waals surface area contributed by atoms with Crippen LogP contribution in [0.2, 0.25) is 5.02 Å². The van der Waals surface area contributed by atoms with Crippen LogP contribution in [0.5, 0.6) is 5.75 Å². The van der Waals surface area contributed by atoms with Crippen molar-refractivity contribution in [1.29, 1.82) is 0 Å². The second-order valence-corrected chi connectivity index (χ2v) is 6.35. The summed E-state index contributed by atoms with van der Waals surface area (Å²) in [7, 11) is 0.